The summed E-state index contributed by atoms with van der Waals surface area (Å²) in [4.78, 5) is 4.04. The highest BCUT2D eigenvalue weighted by Crippen LogP contribution is 2.01. The van der Waals surface area contributed by atoms with E-state index in [-0.39, 0.29) is 6.10 Å². The van der Waals surface area contributed by atoms with Gasteiger partial charge in [-0.3, -0.25) is 5.10 Å². The summed E-state index contributed by atoms with van der Waals surface area (Å²) < 4.78 is 5.50. The molecule has 0 aromatic carbocycles. The molecule has 1 aromatic rings. The molecule has 1 aromatic heterocycles. The molecular formula is C7H12N4O. The van der Waals surface area contributed by atoms with Crippen LogP contribution in [0.25, 0.3) is 0 Å². The van der Waals surface area contributed by atoms with E-state index in [1.807, 2.05) is 0 Å². The molecule has 1 saturated heterocycles. The average Bonchev–Trinajstić information content (AvgIpc) is 2.59. The van der Waals surface area contributed by atoms with Gasteiger partial charge in [-0.1, -0.05) is 0 Å². The van der Waals surface area contributed by atoms with E-state index in [1.54, 1.807) is 0 Å². The van der Waals surface area contributed by atoms with Gasteiger partial charge in [0.1, 0.15) is 12.2 Å². The molecule has 1 aliphatic rings. The maximum absolute atomic E-state index is 5.50. The zero-order valence-corrected chi connectivity index (χ0v) is 6.79. The van der Waals surface area contributed by atoms with Crippen LogP contribution in [0.3, 0.4) is 0 Å². The largest absolute Gasteiger partial charge is 0.375 e. The van der Waals surface area contributed by atoms with Crippen LogP contribution in [0.15, 0.2) is 6.33 Å². The molecule has 66 valence electrons. The fourth-order valence-corrected chi connectivity index (χ4v) is 1.30. The Morgan fingerprint density at radius 2 is 2.67 bits per heavy atom. The molecule has 1 fully saturated rings. The van der Waals surface area contributed by atoms with Crippen LogP contribution in [0.5, 0.6) is 0 Å². The lowest BCUT2D eigenvalue weighted by molar-refractivity contribution is 0.0281. The van der Waals surface area contributed by atoms with Crippen molar-refractivity contribution in [2.75, 3.05) is 19.7 Å². The molecule has 0 amide bonds. The quantitative estimate of drug-likeness (QED) is 0.615. The normalized spacial score (nSPS) is 24.2. The van der Waals surface area contributed by atoms with Crippen LogP contribution < -0.4 is 5.32 Å². The van der Waals surface area contributed by atoms with Crippen molar-refractivity contribution in [1.82, 2.24) is 20.5 Å². The molecule has 5 nitrogen and oxygen atoms in total. The fraction of sp³-hybridized carbons (Fsp3) is 0.714. The van der Waals surface area contributed by atoms with Crippen molar-refractivity contribution in [1.29, 1.82) is 0 Å². The van der Waals surface area contributed by atoms with Crippen molar-refractivity contribution in [3.05, 3.63) is 12.2 Å². The van der Waals surface area contributed by atoms with Gasteiger partial charge in [0.05, 0.1) is 12.7 Å². The van der Waals surface area contributed by atoms with Crippen molar-refractivity contribution in [3.63, 3.8) is 0 Å². The third-order valence-corrected chi connectivity index (χ3v) is 1.89. The minimum absolute atomic E-state index is 0.242. The van der Waals surface area contributed by atoms with E-state index in [1.165, 1.54) is 6.33 Å². The number of nitrogens with one attached hydrogen (secondary N) is 2. The van der Waals surface area contributed by atoms with Crippen LogP contribution in [0.1, 0.15) is 5.82 Å². The number of hydrogen-bond acceptors (Lipinski definition) is 4. The van der Waals surface area contributed by atoms with Gasteiger partial charge in [0.2, 0.25) is 0 Å². The molecule has 1 aliphatic heterocycles. The number of morpholine rings is 1. The minimum atomic E-state index is 0.242. The zero-order chi connectivity index (χ0) is 8.23. The highest BCUT2D eigenvalue weighted by Gasteiger charge is 2.14. The standard InChI is InChI=1S/C7H12N4O/c1-2-12-6(4-8-1)3-7-9-5-10-11-7/h5-6,8H,1-4H2,(H,9,10,11). The Labute approximate surface area is 70.5 Å². The first-order valence-electron chi connectivity index (χ1n) is 4.12. The summed E-state index contributed by atoms with van der Waals surface area (Å²) in [5, 5.41) is 9.85. The van der Waals surface area contributed by atoms with Crippen molar-refractivity contribution in [2.45, 2.75) is 12.5 Å². The second-order valence-corrected chi connectivity index (χ2v) is 2.83. The topological polar surface area (TPSA) is 62.8 Å². The summed E-state index contributed by atoms with van der Waals surface area (Å²) in [6.07, 6.45) is 2.57. The maximum Gasteiger partial charge on any atom is 0.137 e. The predicted molar refractivity (Wildman–Crippen MR) is 42.7 cm³/mol. The Morgan fingerprint density at radius 1 is 1.67 bits per heavy atom. The maximum atomic E-state index is 5.50. The van der Waals surface area contributed by atoms with E-state index in [9.17, 15) is 0 Å². The van der Waals surface area contributed by atoms with Gasteiger partial charge >= 0.3 is 0 Å². The van der Waals surface area contributed by atoms with E-state index < -0.39 is 0 Å². The first-order valence-corrected chi connectivity index (χ1v) is 4.12. The van der Waals surface area contributed by atoms with E-state index in [0.29, 0.717) is 0 Å². The Morgan fingerprint density at radius 3 is 3.33 bits per heavy atom. The number of hydrogen-bond donors (Lipinski definition) is 2. The summed E-state index contributed by atoms with van der Waals surface area (Å²) in [6.45, 7) is 2.65. The molecule has 0 aliphatic carbocycles. The van der Waals surface area contributed by atoms with Gasteiger partial charge in [0.25, 0.3) is 0 Å². The van der Waals surface area contributed by atoms with Gasteiger partial charge in [-0.2, -0.15) is 5.10 Å². The SMILES string of the molecule is c1n[nH]c(CC2CNCCO2)n1. The molecule has 12 heavy (non-hydrogen) atoms. The fourth-order valence-electron chi connectivity index (χ4n) is 1.30. The Bertz CT molecular complexity index is 217. The first-order chi connectivity index (χ1) is 5.95. The molecule has 2 heterocycles. The summed E-state index contributed by atoms with van der Waals surface area (Å²) in [6, 6.07) is 0. The van der Waals surface area contributed by atoms with Crippen LogP contribution >= 0.6 is 0 Å². The third-order valence-electron chi connectivity index (χ3n) is 1.89. The molecule has 0 radical (unpaired) electrons. The molecular weight excluding hydrogens is 156 g/mol. The second-order valence-electron chi connectivity index (χ2n) is 2.83. The summed E-state index contributed by atoms with van der Waals surface area (Å²) >= 11 is 0. The Kier molecular flexibility index (Phi) is 2.33. The summed E-state index contributed by atoms with van der Waals surface area (Å²) in [7, 11) is 0. The lowest BCUT2D eigenvalue weighted by Gasteiger charge is -2.22. The van der Waals surface area contributed by atoms with Crippen LogP contribution in [-0.2, 0) is 11.2 Å². The number of ether oxygens (including phenoxy) is 1. The zero-order valence-electron chi connectivity index (χ0n) is 6.79. The van der Waals surface area contributed by atoms with E-state index in [2.05, 4.69) is 20.5 Å². The molecule has 2 rings (SSSR count). The lowest BCUT2D eigenvalue weighted by Crippen LogP contribution is -2.39. The van der Waals surface area contributed by atoms with Gasteiger partial charge in [-0.05, 0) is 0 Å². The van der Waals surface area contributed by atoms with Crippen LogP contribution in [0, 0.1) is 0 Å². The molecule has 1 atom stereocenters. The van der Waals surface area contributed by atoms with Crippen LogP contribution in [0.4, 0.5) is 0 Å². The lowest BCUT2D eigenvalue weighted by atomic mass is 10.2. The highest BCUT2D eigenvalue weighted by atomic mass is 16.5. The first kappa shape index (κ1) is 7.70. The van der Waals surface area contributed by atoms with Gasteiger partial charge in [0, 0.05) is 19.5 Å². The third kappa shape index (κ3) is 1.80. The molecule has 0 bridgehead atoms. The Balaban J connectivity index is 1.86. The smallest absolute Gasteiger partial charge is 0.137 e. The number of aromatic nitrogens is 3. The van der Waals surface area contributed by atoms with Gasteiger partial charge in [-0.15, -0.1) is 0 Å². The van der Waals surface area contributed by atoms with Gasteiger partial charge in [-0.25, -0.2) is 4.98 Å². The van der Waals surface area contributed by atoms with E-state index in [4.69, 9.17) is 4.74 Å². The monoisotopic (exact) mass is 168 g/mol. The number of H-pyrrole nitrogens is 1. The summed E-state index contributed by atoms with van der Waals surface area (Å²) in [5.74, 6) is 0.892. The number of nitrogens with zero attached hydrogens (tertiary/aromatic N) is 2. The van der Waals surface area contributed by atoms with Gasteiger partial charge in [0.15, 0.2) is 0 Å². The van der Waals surface area contributed by atoms with Crippen LogP contribution in [0.2, 0.25) is 0 Å². The molecule has 0 spiro atoms. The molecule has 0 saturated carbocycles. The van der Waals surface area contributed by atoms with Crippen molar-refractivity contribution in [3.8, 4) is 0 Å². The van der Waals surface area contributed by atoms with Crippen molar-refractivity contribution >= 4 is 0 Å². The minimum Gasteiger partial charge on any atom is -0.375 e. The molecule has 5 heteroatoms. The number of aromatic amines is 1. The highest BCUT2D eigenvalue weighted by molar-refractivity contribution is 4.85. The van der Waals surface area contributed by atoms with Crippen LogP contribution in [-0.4, -0.2) is 41.0 Å². The Hall–Kier alpha value is -0.940. The van der Waals surface area contributed by atoms with E-state index in [0.717, 1.165) is 31.9 Å². The molecule has 2 N–H and O–H groups in total. The van der Waals surface area contributed by atoms with Crippen molar-refractivity contribution < 1.29 is 4.74 Å². The number of rotatable bonds is 2. The van der Waals surface area contributed by atoms with E-state index >= 15 is 0 Å². The molecule has 1 unspecified atom stereocenters. The van der Waals surface area contributed by atoms with Gasteiger partial charge < -0.3 is 10.1 Å². The van der Waals surface area contributed by atoms with Crippen molar-refractivity contribution in [2.24, 2.45) is 0 Å². The average molecular weight is 168 g/mol. The second kappa shape index (κ2) is 3.64. The predicted octanol–water partition coefficient (Wildman–Crippen LogP) is -0.664. The summed E-state index contributed by atoms with van der Waals surface area (Å²) in [5.41, 5.74) is 0.